The summed E-state index contributed by atoms with van der Waals surface area (Å²) in [5, 5.41) is 12.5. The third-order valence-corrected chi connectivity index (χ3v) is 3.97. The number of aromatic carboxylic acids is 1. The van der Waals surface area contributed by atoms with E-state index < -0.39 is 5.97 Å². The normalized spacial score (nSPS) is 29.5. The zero-order valence-corrected chi connectivity index (χ0v) is 10.5. The standard InChI is InChI=1S/C13H14ClNO3/c14-10-5-7(1-3-9(10)13(16)17)15-11-6-8-2-4-12(11)18-8/h1,3,5,8,11-12,15H,2,4,6H2,(H,16,17). The molecule has 2 heterocycles. The van der Waals surface area contributed by atoms with Crippen LogP contribution in [0, 0.1) is 0 Å². The number of anilines is 1. The van der Waals surface area contributed by atoms with Gasteiger partial charge in [0.1, 0.15) is 0 Å². The second kappa shape index (κ2) is 4.44. The smallest absolute Gasteiger partial charge is 0.337 e. The summed E-state index contributed by atoms with van der Waals surface area (Å²) in [6.07, 6.45) is 3.95. The highest BCUT2D eigenvalue weighted by Gasteiger charge is 2.40. The predicted molar refractivity (Wildman–Crippen MR) is 68.3 cm³/mol. The van der Waals surface area contributed by atoms with Gasteiger partial charge in [0.05, 0.1) is 28.8 Å². The Kier molecular flexibility index (Phi) is 2.92. The number of carbonyl (C=O) groups is 1. The Hall–Kier alpha value is -1.26. The summed E-state index contributed by atoms with van der Waals surface area (Å²) < 4.78 is 5.76. The van der Waals surface area contributed by atoms with Gasteiger partial charge in [0.2, 0.25) is 0 Å². The van der Waals surface area contributed by atoms with Crippen LogP contribution in [0.5, 0.6) is 0 Å². The van der Waals surface area contributed by atoms with Crippen molar-refractivity contribution in [2.75, 3.05) is 5.32 Å². The summed E-state index contributed by atoms with van der Waals surface area (Å²) in [7, 11) is 0. The molecule has 0 aromatic heterocycles. The fourth-order valence-electron chi connectivity index (χ4n) is 2.78. The zero-order chi connectivity index (χ0) is 12.7. The molecule has 2 saturated heterocycles. The lowest BCUT2D eigenvalue weighted by molar-refractivity contribution is 0.0697. The quantitative estimate of drug-likeness (QED) is 0.884. The molecule has 18 heavy (non-hydrogen) atoms. The highest BCUT2D eigenvalue weighted by atomic mass is 35.5. The Morgan fingerprint density at radius 1 is 1.44 bits per heavy atom. The van der Waals surface area contributed by atoms with Gasteiger partial charge in [-0.2, -0.15) is 0 Å². The maximum absolute atomic E-state index is 10.9. The summed E-state index contributed by atoms with van der Waals surface area (Å²) in [4.78, 5) is 10.9. The number of hydrogen-bond acceptors (Lipinski definition) is 3. The number of rotatable bonds is 3. The summed E-state index contributed by atoms with van der Waals surface area (Å²) in [6, 6.07) is 5.26. The molecule has 0 amide bonds. The first-order valence-corrected chi connectivity index (χ1v) is 6.46. The molecule has 3 unspecified atom stereocenters. The minimum atomic E-state index is -1.00. The third-order valence-electron chi connectivity index (χ3n) is 3.66. The molecular formula is C13H14ClNO3. The molecular weight excluding hydrogens is 254 g/mol. The van der Waals surface area contributed by atoms with Crippen molar-refractivity contribution in [1.82, 2.24) is 0 Å². The first-order valence-electron chi connectivity index (χ1n) is 6.08. The molecule has 2 fully saturated rings. The molecule has 0 aliphatic carbocycles. The Bertz CT molecular complexity index is 491. The molecule has 2 bridgehead atoms. The third kappa shape index (κ3) is 2.06. The van der Waals surface area contributed by atoms with Gasteiger partial charge in [-0.3, -0.25) is 0 Å². The molecule has 4 nitrogen and oxygen atoms in total. The fraction of sp³-hybridized carbons (Fsp3) is 0.462. The largest absolute Gasteiger partial charge is 0.478 e. The van der Waals surface area contributed by atoms with E-state index in [0.717, 1.165) is 24.9 Å². The Labute approximate surface area is 110 Å². The molecule has 0 saturated carbocycles. The van der Waals surface area contributed by atoms with Gasteiger partial charge in [0.25, 0.3) is 0 Å². The SMILES string of the molecule is O=C(O)c1ccc(NC2CC3CCC2O3)cc1Cl. The number of halogens is 1. The lowest BCUT2D eigenvalue weighted by atomic mass is 9.95. The molecule has 96 valence electrons. The fourth-order valence-corrected chi connectivity index (χ4v) is 3.04. The van der Waals surface area contributed by atoms with Crippen LogP contribution < -0.4 is 5.32 Å². The van der Waals surface area contributed by atoms with Gasteiger partial charge in [-0.15, -0.1) is 0 Å². The van der Waals surface area contributed by atoms with Crippen molar-refractivity contribution in [3.8, 4) is 0 Å². The molecule has 2 N–H and O–H groups in total. The molecule has 1 aromatic rings. The van der Waals surface area contributed by atoms with E-state index in [-0.39, 0.29) is 16.7 Å². The average molecular weight is 268 g/mol. The highest BCUT2D eigenvalue weighted by molar-refractivity contribution is 6.33. The molecule has 5 heteroatoms. The van der Waals surface area contributed by atoms with Crippen LogP contribution in [0.25, 0.3) is 0 Å². The van der Waals surface area contributed by atoms with E-state index >= 15 is 0 Å². The topological polar surface area (TPSA) is 58.6 Å². The van der Waals surface area contributed by atoms with Crippen LogP contribution in [0.3, 0.4) is 0 Å². The number of hydrogen-bond donors (Lipinski definition) is 2. The van der Waals surface area contributed by atoms with Gasteiger partial charge >= 0.3 is 5.97 Å². The van der Waals surface area contributed by atoms with Crippen LogP contribution in [0.4, 0.5) is 5.69 Å². The highest BCUT2D eigenvalue weighted by Crippen LogP contribution is 2.36. The molecule has 1 aromatic carbocycles. The molecule has 0 radical (unpaired) electrons. The Balaban J connectivity index is 1.74. The predicted octanol–water partition coefficient (Wildman–Crippen LogP) is 2.77. The van der Waals surface area contributed by atoms with Crippen LogP contribution in [0.15, 0.2) is 18.2 Å². The van der Waals surface area contributed by atoms with E-state index in [1.165, 1.54) is 6.07 Å². The van der Waals surface area contributed by atoms with Crippen LogP contribution in [0.2, 0.25) is 5.02 Å². The van der Waals surface area contributed by atoms with Crippen molar-refractivity contribution in [1.29, 1.82) is 0 Å². The number of carboxylic acid groups (broad SMARTS) is 1. The Morgan fingerprint density at radius 3 is 2.83 bits per heavy atom. The van der Waals surface area contributed by atoms with Crippen molar-refractivity contribution >= 4 is 23.3 Å². The maximum Gasteiger partial charge on any atom is 0.337 e. The lowest BCUT2D eigenvalue weighted by Crippen LogP contribution is -2.30. The van der Waals surface area contributed by atoms with Crippen molar-refractivity contribution < 1.29 is 14.6 Å². The molecule has 0 spiro atoms. The van der Waals surface area contributed by atoms with Crippen molar-refractivity contribution in [2.45, 2.75) is 37.5 Å². The van der Waals surface area contributed by atoms with Gasteiger partial charge in [-0.1, -0.05) is 11.6 Å². The minimum absolute atomic E-state index is 0.131. The molecule has 2 aliphatic rings. The summed E-state index contributed by atoms with van der Waals surface area (Å²) in [5.74, 6) is -1.00. The first-order chi connectivity index (χ1) is 8.63. The zero-order valence-electron chi connectivity index (χ0n) is 9.73. The first kappa shape index (κ1) is 11.8. The van der Waals surface area contributed by atoms with E-state index in [9.17, 15) is 4.79 Å². The van der Waals surface area contributed by atoms with Gasteiger partial charge in [-0.05, 0) is 37.5 Å². The van der Waals surface area contributed by atoms with E-state index in [2.05, 4.69) is 5.32 Å². The maximum atomic E-state index is 10.9. The average Bonchev–Trinajstić information content (AvgIpc) is 2.90. The number of fused-ring (bicyclic) bond motifs is 2. The molecule has 3 rings (SSSR count). The number of ether oxygens (including phenoxy) is 1. The van der Waals surface area contributed by atoms with E-state index in [0.29, 0.717) is 12.1 Å². The number of benzene rings is 1. The second-order valence-electron chi connectivity index (χ2n) is 4.86. The van der Waals surface area contributed by atoms with Gasteiger partial charge < -0.3 is 15.2 Å². The van der Waals surface area contributed by atoms with E-state index in [4.69, 9.17) is 21.4 Å². The summed E-state index contributed by atoms with van der Waals surface area (Å²) in [6.45, 7) is 0. The van der Waals surface area contributed by atoms with Crippen LogP contribution in [-0.4, -0.2) is 29.3 Å². The number of nitrogens with one attached hydrogen (secondary N) is 1. The van der Waals surface area contributed by atoms with Crippen LogP contribution in [0.1, 0.15) is 29.6 Å². The van der Waals surface area contributed by atoms with Crippen LogP contribution in [-0.2, 0) is 4.74 Å². The van der Waals surface area contributed by atoms with Crippen LogP contribution >= 0.6 is 11.6 Å². The summed E-state index contributed by atoms with van der Waals surface area (Å²) in [5.41, 5.74) is 0.984. The molecule has 2 aliphatic heterocycles. The van der Waals surface area contributed by atoms with E-state index in [1.54, 1.807) is 12.1 Å². The lowest BCUT2D eigenvalue weighted by Gasteiger charge is -2.21. The monoisotopic (exact) mass is 267 g/mol. The number of carboxylic acids is 1. The van der Waals surface area contributed by atoms with Gasteiger partial charge in [-0.25, -0.2) is 4.79 Å². The summed E-state index contributed by atoms with van der Waals surface area (Å²) >= 11 is 5.94. The van der Waals surface area contributed by atoms with E-state index in [1.807, 2.05) is 0 Å². The van der Waals surface area contributed by atoms with Crippen molar-refractivity contribution in [2.24, 2.45) is 0 Å². The molecule has 3 atom stereocenters. The van der Waals surface area contributed by atoms with Crippen molar-refractivity contribution in [3.63, 3.8) is 0 Å². The van der Waals surface area contributed by atoms with Gasteiger partial charge in [0, 0.05) is 5.69 Å². The Morgan fingerprint density at radius 2 is 2.28 bits per heavy atom. The van der Waals surface area contributed by atoms with Crippen molar-refractivity contribution in [3.05, 3.63) is 28.8 Å². The second-order valence-corrected chi connectivity index (χ2v) is 5.27. The van der Waals surface area contributed by atoms with Gasteiger partial charge in [0.15, 0.2) is 0 Å². The minimum Gasteiger partial charge on any atom is -0.478 e.